The molecular weight excluding hydrogens is 270 g/mol. The highest BCUT2D eigenvalue weighted by atomic mass is 16.6. The standard InChI is InChI=1S/C16H15NO4/c1-9(18)20-15-12-5-3-4-11(12)14-8-17-7-6-13(14)16(15)21-10(2)19/h6-8H,3-5H2,1-2H3. The zero-order valence-electron chi connectivity index (χ0n) is 11.9. The number of hydrogen-bond acceptors (Lipinski definition) is 5. The first-order valence-electron chi connectivity index (χ1n) is 6.86. The van der Waals surface area contributed by atoms with Gasteiger partial charge in [0.05, 0.1) is 0 Å². The molecule has 5 heteroatoms. The van der Waals surface area contributed by atoms with Gasteiger partial charge in [-0.3, -0.25) is 14.6 Å². The van der Waals surface area contributed by atoms with E-state index in [1.807, 2.05) is 0 Å². The number of fused-ring (bicyclic) bond motifs is 3. The number of carbonyl (C=O) groups excluding carboxylic acids is 2. The van der Waals surface area contributed by atoms with Crippen LogP contribution in [-0.2, 0) is 22.4 Å². The topological polar surface area (TPSA) is 65.5 Å². The van der Waals surface area contributed by atoms with Crippen LogP contribution in [0.3, 0.4) is 0 Å². The van der Waals surface area contributed by atoms with Crippen molar-refractivity contribution in [1.82, 2.24) is 4.98 Å². The first kappa shape index (κ1) is 13.5. The number of carbonyl (C=O) groups is 2. The zero-order chi connectivity index (χ0) is 15.0. The van der Waals surface area contributed by atoms with Crippen LogP contribution in [0.25, 0.3) is 10.8 Å². The summed E-state index contributed by atoms with van der Waals surface area (Å²) in [5.41, 5.74) is 2.08. The van der Waals surface area contributed by atoms with E-state index in [1.54, 1.807) is 18.5 Å². The van der Waals surface area contributed by atoms with Crippen molar-refractivity contribution < 1.29 is 19.1 Å². The number of rotatable bonds is 2. The summed E-state index contributed by atoms with van der Waals surface area (Å²) in [5, 5.41) is 1.70. The van der Waals surface area contributed by atoms with E-state index in [2.05, 4.69) is 4.98 Å². The molecule has 1 aromatic heterocycles. The Labute approximate surface area is 121 Å². The van der Waals surface area contributed by atoms with Crippen LogP contribution >= 0.6 is 0 Å². The number of benzene rings is 1. The lowest BCUT2D eigenvalue weighted by Gasteiger charge is -2.16. The van der Waals surface area contributed by atoms with Crippen LogP contribution in [0.5, 0.6) is 11.5 Å². The first-order chi connectivity index (χ1) is 10.1. The van der Waals surface area contributed by atoms with Gasteiger partial charge in [-0.25, -0.2) is 0 Å². The maximum Gasteiger partial charge on any atom is 0.308 e. The summed E-state index contributed by atoms with van der Waals surface area (Å²) in [6, 6.07) is 1.78. The monoisotopic (exact) mass is 285 g/mol. The van der Waals surface area contributed by atoms with Crippen molar-refractivity contribution in [2.45, 2.75) is 33.1 Å². The molecule has 108 valence electrons. The molecule has 0 spiro atoms. The maximum atomic E-state index is 11.4. The molecule has 1 aromatic carbocycles. The second-order valence-electron chi connectivity index (χ2n) is 5.08. The van der Waals surface area contributed by atoms with Crippen LogP contribution in [0.15, 0.2) is 18.5 Å². The van der Waals surface area contributed by atoms with Gasteiger partial charge in [0.15, 0.2) is 11.5 Å². The van der Waals surface area contributed by atoms with Gasteiger partial charge in [-0.15, -0.1) is 0 Å². The molecule has 5 nitrogen and oxygen atoms in total. The molecule has 2 aromatic rings. The molecule has 0 amide bonds. The Morgan fingerprint density at radius 2 is 1.67 bits per heavy atom. The van der Waals surface area contributed by atoms with E-state index < -0.39 is 11.9 Å². The Bertz CT molecular complexity index is 752. The lowest BCUT2D eigenvalue weighted by Crippen LogP contribution is -2.10. The number of nitrogens with zero attached hydrogens (tertiary/aromatic N) is 1. The third-order valence-electron chi connectivity index (χ3n) is 3.58. The van der Waals surface area contributed by atoms with E-state index in [4.69, 9.17) is 9.47 Å². The zero-order valence-corrected chi connectivity index (χ0v) is 11.9. The third kappa shape index (κ3) is 2.35. The molecule has 0 saturated carbocycles. The first-order valence-corrected chi connectivity index (χ1v) is 6.86. The van der Waals surface area contributed by atoms with Gasteiger partial charge in [-0.2, -0.15) is 0 Å². The van der Waals surface area contributed by atoms with Gasteiger partial charge in [0.25, 0.3) is 0 Å². The Hall–Kier alpha value is -2.43. The van der Waals surface area contributed by atoms with Gasteiger partial charge in [0, 0.05) is 42.6 Å². The minimum Gasteiger partial charge on any atom is -0.422 e. The van der Waals surface area contributed by atoms with E-state index in [0.717, 1.165) is 41.2 Å². The van der Waals surface area contributed by atoms with Crippen molar-refractivity contribution in [3.8, 4) is 11.5 Å². The normalized spacial score (nSPS) is 13.0. The van der Waals surface area contributed by atoms with Gasteiger partial charge in [0.2, 0.25) is 0 Å². The Balaban J connectivity index is 2.35. The predicted molar refractivity (Wildman–Crippen MR) is 76.4 cm³/mol. The molecule has 0 N–H and O–H groups in total. The van der Waals surface area contributed by atoms with Crippen molar-refractivity contribution in [3.05, 3.63) is 29.6 Å². The van der Waals surface area contributed by atoms with E-state index in [9.17, 15) is 9.59 Å². The number of hydrogen-bond donors (Lipinski definition) is 0. The smallest absolute Gasteiger partial charge is 0.308 e. The van der Waals surface area contributed by atoms with Gasteiger partial charge in [-0.1, -0.05) is 0 Å². The second-order valence-corrected chi connectivity index (χ2v) is 5.08. The SMILES string of the molecule is CC(=O)Oc1c2c(c3cnccc3c1OC(C)=O)CCC2. The molecule has 0 saturated heterocycles. The summed E-state index contributed by atoms with van der Waals surface area (Å²) in [4.78, 5) is 27.0. The fourth-order valence-electron chi connectivity index (χ4n) is 2.88. The van der Waals surface area contributed by atoms with Crippen LogP contribution in [0.2, 0.25) is 0 Å². The summed E-state index contributed by atoms with van der Waals surface area (Å²) < 4.78 is 10.7. The van der Waals surface area contributed by atoms with E-state index in [1.165, 1.54) is 13.8 Å². The molecule has 1 aliphatic carbocycles. The van der Waals surface area contributed by atoms with Crippen molar-refractivity contribution >= 4 is 22.7 Å². The van der Waals surface area contributed by atoms with Crippen LogP contribution in [0.4, 0.5) is 0 Å². The van der Waals surface area contributed by atoms with Crippen molar-refractivity contribution in [2.75, 3.05) is 0 Å². The Kier molecular flexibility index (Phi) is 3.33. The van der Waals surface area contributed by atoms with Crippen molar-refractivity contribution in [3.63, 3.8) is 0 Å². The highest BCUT2D eigenvalue weighted by Crippen LogP contribution is 2.45. The highest BCUT2D eigenvalue weighted by Gasteiger charge is 2.26. The average molecular weight is 285 g/mol. The average Bonchev–Trinajstić information content (AvgIpc) is 2.91. The minimum atomic E-state index is -0.445. The lowest BCUT2D eigenvalue weighted by atomic mass is 10.0. The van der Waals surface area contributed by atoms with E-state index in [-0.39, 0.29) is 0 Å². The molecule has 0 bridgehead atoms. The summed E-state index contributed by atoms with van der Waals surface area (Å²) >= 11 is 0. The molecule has 1 heterocycles. The largest absolute Gasteiger partial charge is 0.422 e. The third-order valence-corrected chi connectivity index (χ3v) is 3.58. The highest BCUT2D eigenvalue weighted by molar-refractivity contribution is 5.97. The Morgan fingerprint density at radius 3 is 2.38 bits per heavy atom. The minimum absolute atomic E-state index is 0.316. The summed E-state index contributed by atoms with van der Waals surface area (Å²) in [6.45, 7) is 2.67. The van der Waals surface area contributed by atoms with Crippen LogP contribution < -0.4 is 9.47 Å². The number of esters is 2. The van der Waals surface area contributed by atoms with Gasteiger partial charge >= 0.3 is 11.9 Å². The van der Waals surface area contributed by atoms with E-state index in [0.29, 0.717) is 11.5 Å². The summed E-state index contributed by atoms with van der Waals surface area (Å²) in [6.07, 6.45) is 6.10. The van der Waals surface area contributed by atoms with E-state index >= 15 is 0 Å². The van der Waals surface area contributed by atoms with Crippen molar-refractivity contribution in [2.24, 2.45) is 0 Å². The fourth-order valence-corrected chi connectivity index (χ4v) is 2.88. The molecular formula is C16H15NO4. The Morgan fingerprint density at radius 1 is 1.00 bits per heavy atom. The lowest BCUT2D eigenvalue weighted by molar-refractivity contribution is -0.134. The summed E-state index contributed by atoms with van der Waals surface area (Å²) in [7, 11) is 0. The molecule has 1 aliphatic rings. The predicted octanol–water partition coefficient (Wildman–Crippen LogP) is 2.57. The molecule has 0 fully saturated rings. The number of aromatic nitrogens is 1. The maximum absolute atomic E-state index is 11.4. The number of ether oxygens (including phenoxy) is 2. The molecule has 0 atom stereocenters. The molecule has 21 heavy (non-hydrogen) atoms. The number of pyridine rings is 1. The van der Waals surface area contributed by atoms with Crippen LogP contribution in [-0.4, -0.2) is 16.9 Å². The second kappa shape index (κ2) is 5.16. The quantitative estimate of drug-likeness (QED) is 0.626. The molecule has 0 radical (unpaired) electrons. The van der Waals surface area contributed by atoms with Gasteiger partial charge in [0.1, 0.15) is 0 Å². The fraction of sp³-hybridized carbons (Fsp3) is 0.312. The molecule has 0 unspecified atom stereocenters. The molecule has 3 rings (SSSR count). The van der Waals surface area contributed by atoms with Gasteiger partial charge < -0.3 is 9.47 Å². The van der Waals surface area contributed by atoms with Crippen molar-refractivity contribution in [1.29, 1.82) is 0 Å². The van der Waals surface area contributed by atoms with Crippen LogP contribution in [0.1, 0.15) is 31.4 Å². The van der Waals surface area contributed by atoms with Crippen LogP contribution in [0, 0.1) is 0 Å². The van der Waals surface area contributed by atoms with Gasteiger partial charge in [-0.05, 0) is 30.9 Å². The molecule has 0 aliphatic heterocycles. The summed E-state index contributed by atoms with van der Waals surface area (Å²) in [5.74, 6) is -0.176. The number of aryl methyl sites for hydroxylation is 1.